The molecule has 0 spiro atoms. The number of non-ortho nitro benzene ring substituents is 1. The number of aromatic nitrogens is 1. The second-order valence-corrected chi connectivity index (χ2v) is 7.60. The van der Waals surface area contributed by atoms with Crippen molar-refractivity contribution >= 4 is 38.3 Å². The lowest BCUT2D eigenvalue weighted by atomic mass is 10.2. The summed E-state index contributed by atoms with van der Waals surface area (Å²) in [6, 6.07) is 11.3. The molecule has 8 nitrogen and oxygen atoms in total. The summed E-state index contributed by atoms with van der Waals surface area (Å²) in [5.74, 6) is 0.413. The molecule has 1 amide bonds. The zero-order chi connectivity index (χ0) is 21.7. The first-order valence-electron chi connectivity index (χ1n) is 9.70. The molecule has 30 heavy (non-hydrogen) atoms. The molecule has 2 aromatic carbocycles. The van der Waals surface area contributed by atoms with Gasteiger partial charge in [0, 0.05) is 30.8 Å². The van der Waals surface area contributed by atoms with Crippen molar-refractivity contribution < 1.29 is 14.5 Å². The highest BCUT2D eigenvalue weighted by Gasteiger charge is 2.23. The summed E-state index contributed by atoms with van der Waals surface area (Å²) < 4.78 is 6.33. The number of nitro benzene ring substituents is 1. The number of carbonyl (C=O) groups is 1. The molecule has 0 N–H and O–H groups in total. The number of amides is 1. The van der Waals surface area contributed by atoms with E-state index in [1.165, 1.54) is 35.6 Å². The smallest absolute Gasteiger partial charge is 0.269 e. The summed E-state index contributed by atoms with van der Waals surface area (Å²) >= 11 is 1.42. The van der Waals surface area contributed by atoms with Crippen molar-refractivity contribution in [1.82, 2.24) is 9.88 Å². The number of fused-ring (bicyclic) bond motifs is 1. The number of rotatable bonds is 9. The molecule has 3 aromatic rings. The van der Waals surface area contributed by atoms with Crippen molar-refractivity contribution in [2.75, 3.05) is 38.2 Å². The Morgan fingerprint density at radius 2 is 1.83 bits per heavy atom. The van der Waals surface area contributed by atoms with Crippen LogP contribution in [-0.2, 0) is 0 Å². The minimum absolute atomic E-state index is 0.0500. The van der Waals surface area contributed by atoms with Crippen molar-refractivity contribution in [3.8, 4) is 5.75 Å². The summed E-state index contributed by atoms with van der Waals surface area (Å²) in [7, 11) is 1.59. The van der Waals surface area contributed by atoms with Gasteiger partial charge in [-0.15, -0.1) is 0 Å². The molecular weight excluding hydrogens is 404 g/mol. The molecule has 0 bridgehead atoms. The Kier molecular flexibility index (Phi) is 6.96. The maximum atomic E-state index is 13.3. The highest BCUT2D eigenvalue weighted by atomic mass is 32.1. The number of likely N-dealkylation sites (N-methyl/N-ethyl adjacent to an activating group) is 1. The zero-order valence-electron chi connectivity index (χ0n) is 17.2. The average Bonchev–Trinajstić information content (AvgIpc) is 3.20. The van der Waals surface area contributed by atoms with Gasteiger partial charge in [0.1, 0.15) is 11.3 Å². The highest BCUT2D eigenvalue weighted by molar-refractivity contribution is 7.22. The summed E-state index contributed by atoms with van der Waals surface area (Å²) in [5, 5.41) is 11.5. The Hall–Kier alpha value is -3.04. The first-order valence-corrected chi connectivity index (χ1v) is 10.5. The van der Waals surface area contributed by atoms with E-state index in [2.05, 4.69) is 23.7 Å². The SMILES string of the molecule is CCN(CC)CCN(C(=O)c1ccc([N+](=O)[O-])cc1)c1nc2c(OC)cccc2s1. The molecule has 0 fully saturated rings. The quantitative estimate of drug-likeness (QED) is 0.375. The second-order valence-electron chi connectivity index (χ2n) is 6.59. The van der Waals surface area contributed by atoms with E-state index in [1.54, 1.807) is 12.0 Å². The monoisotopic (exact) mass is 428 g/mol. The molecule has 158 valence electrons. The van der Waals surface area contributed by atoms with E-state index in [1.807, 2.05) is 18.2 Å². The van der Waals surface area contributed by atoms with Gasteiger partial charge in [-0.2, -0.15) is 0 Å². The number of hydrogen-bond acceptors (Lipinski definition) is 7. The maximum Gasteiger partial charge on any atom is 0.269 e. The highest BCUT2D eigenvalue weighted by Crippen LogP contribution is 2.34. The minimum atomic E-state index is -0.480. The Labute approximate surface area is 178 Å². The van der Waals surface area contributed by atoms with Crippen LogP contribution in [0.25, 0.3) is 10.2 Å². The summed E-state index contributed by atoms with van der Waals surface area (Å²) in [6.45, 7) is 7.06. The fourth-order valence-corrected chi connectivity index (χ4v) is 4.15. The van der Waals surface area contributed by atoms with E-state index >= 15 is 0 Å². The number of anilines is 1. The van der Waals surface area contributed by atoms with Crippen LogP contribution < -0.4 is 9.64 Å². The van der Waals surface area contributed by atoms with Gasteiger partial charge in [-0.1, -0.05) is 31.3 Å². The normalized spacial score (nSPS) is 11.1. The molecule has 0 saturated heterocycles. The van der Waals surface area contributed by atoms with Crippen LogP contribution in [0.15, 0.2) is 42.5 Å². The fraction of sp³-hybridized carbons (Fsp3) is 0.333. The molecule has 0 aliphatic carbocycles. The first kappa shape index (κ1) is 21.7. The van der Waals surface area contributed by atoms with Crippen molar-refractivity contribution in [3.63, 3.8) is 0 Å². The van der Waals surface area contributed by atoms with Crippen LogP contribution in [-0.4, -0.2) is 54.0 Å². The molecule has 0 aliphatic heterocycles. The van der Waals surface area contributed by atoms with E-state index < -0.39 is 4.92 Å². The van der Waals surface area contributed by atoms with Gasteiger partial charge < -0.3 is 9.64 Å². The number of nitro groups is 1. The van der Waals surface area contributed by atoms with Crippen molar-refractivity contribution in [2.24, 2.45) is 0 Å². The first-order chi connectivity index (χ1) is 14.5. The average molecular weight is 429 g/mol. The molecule has 9 heteroatoms. The molecule has 1 aromatic heterocycles. The van der Waals surface area contributed by atoms with Crippen molar-refractivity contribution in [1.29, 1.82) is 0 Å². The number of ether oxygens (including phenoxy) is 1. The van der Waals surface area contributed by atoms with Gasteiger partial charge in [-0.3, -0.25) is 19.8 Å². The number of nitrogens with zero attached hydrogens (tertiary/aromatic N) is 4. The third-order valence-electron chi connectivity index (χ3n) is 4.93. The Morgan fingerprint density at radius 3 is 2.43 bits per heavy atom. The number of carbonyl (C=O) groups excluding carboxylic acids is 1. The Balaban J connectivity index is 1.97. The maximum absolute atomic E-state index is 13.3. The van der Waals surface area contributed by atoms with Crippen LogP contribution >= 0.6 is 11.3 Å². The minimum Gasteiger partial charge on any atom is -0.494 e. The molecule has 0 unspecified atom stereocenters. The molecular formula is C21H24N4O4S. The summed E-state index contributed by atoms with van der Waals surface area (Å²) in [5.41, 5.74) is 1.04. The van der Waals surface area contributed by atoms with Crippen LogP contribution in [0.1, 0.15) is 24.2 Å². The molecule has 0 radical (unpaired) electrons. The van der Waals surface area contributed by atoms with Gasteiger partial charge in [0.15, 0.2) is 5.13 Å². The van der Waals surface area contributed by atoms with E-state index in [9.17, 15) is 14.9 Å². The van der Waals surface area contributed by atoms with E-state index in [0.717, 1.165) is 17.8 Å². The number of thiazole rings is 1. The number of benzene rings is 2. The molecule has 1 heterocycles. The van der Waals surface area contributed by atoms with Gasteiger partial charge in [0.2, 0.25) is 0 Å². The topological polar surface area (TPSA) is 88.8 Å². The molecule has 0 saturated carbocycles. The molecule has 0 atom stereocenters. The van der Waals surface area contributed by atoms with E-state index in [-0.39, 0.29) is 11.6 Å². The number of methoxy groups -OCH3 is 1. The van der Waals surface area contributed by atoms with E-state index in [4.69, 9.17) is 4.74 Å². The predicted molar refractivity (Wildman–Crippen MR) is 119 cm³/mol. The largest absolute Gasteiger partial charge is 0.494 e. The zero-order valence-corrected chi connectivity index (χ0v) is 18.0. The van der Waals surface area contributed by atoms with Crippen LogP contribution in [0.4, 0.5) is 10.8 Å². The lowest BCUT2D eigenvalue weighted by Gasteiger charge is -2.24. The predicted octanol–water partition coefficient (Wildman–Crippen LogP) is 4.20. The third kappa shape index (κ3) is 4.58. The van der Waals surface area contributed by atoms with E-state index in [0.29, 0.717) is 35.1 Å². The van der Waals surface area contributed by atoms with Crippen LogP contribution in [0.2, 0.25) is 0 Å². The van der Waals surface area contributed by atoms with Crippen molar-refractivity contribution in [2.45, 2.75) is 13.8 Å². The van der Waals surface area contributed by atoms with Gasteiger partial charge >= 0.3 is 0 Å². The Bertz CT molecular complexity index is 1030. The van der Waals surface area contributed by atoms with Crippen LogP contribution in [0, 0.1) is 10.1 Å². The van der Waals surface area contributed by atoms with Crippen LogP contribution in [0.5, 0.6) is 5.75 Å². The molecule has 0 aliphatic rings. The van der Waals surface area contributed by atoms with Gasteiger partial charge in [0.25, 0.3) is 11.6 Å². The summed E-state index contributed by atoms with van der Waals surface area (Å²) in [4.78, 5) is 32.3. The van der Waals surface area contributed by atoms with Gasteiger partial charge in [-0.05, 0) is 37.4 Å². The lowest BCUT2D eigenvalue weighted by molar-refractivity contribution is -0.384. The van der Waals surface area contributed by atoms with Crippen LogP contribution in [0.3, 0.4) is 0 Å². The number of hydrogen-bond donors (Lipinski definition) is 0. The third-order valence-corrected chi connectivity index (χ3v) is 5.97. The summed E-state index contributed by atoms with van der Waals surface area (Å²) in [6.07, 6.45) is 0. The lowest BCUT2D eigenvalue weighted by Crippen LogP contribution is -2.38. The second kappa shape index (κ2) is 9.64. The van der Waals surface area contributed by atoms with Gasteiger partial charge in [0.05, 0.1) is 16.7 Å². The standard InChI is InChI=1S/C21H24N4O4S/c1-4-23(5-2)13-14-24(20(26)15-9-11-16(12-10-15)25(27)28)21-22-19-17(29-3)7-6-8-18(19)30-21/h6-12H,4-5,13-14H2,1-3H3. The number of para-hydroxylation sites is 1. The fourth-order valence-electron chi connectivity index (χ4n) is 3.14. The van der Waals surface area contributed by atoms with Gasteiger partial charge in [-0.25, -0.2) is 4.98 Å². The van der Waals surface area contributed by atoms with Crippen molar-refractivity contribution in [3.05, 3.63) is 58.1 Å². The Morgan fingerprint density at radius 1 is 1.13 bits per heavy atom. The molecule has 3 rings (SSSR count).